The number of nitrogens with zero attached hydrogens (tertiary/aromatic N) is 2. The first-order chi connectivity index (χ1) is 7.25. The van der Waals surface area contributed by atoms with E-state index in [-0.39, 0.29) is 18.3 Å². The standard InChI is InChI=1S/C10H16N4O.ClH/c1-14-6-9(13-7-14)10(15)12-5-8-3-2-4-11-8;/h6-8,11H,2-5H2,1H3,(H,12,15);1H. The number of hydrogen-bond acceptors (Lipinski definition) is 3. The van der Waals surface area contributed by atoms with Crippen molar-refractivity contribution in [1.82, 2.24) is 20.2 Å². The number of carbonyl (C=O) groups is 1. The summed E-state index contributed by atoms with van der Waals surface area (Å²) in [6.45, 7) is 1.75. The third-order valence-electron chi connectivity index (χ3n) is 2.61. The van der Waals surface area contributed by atoms with Crippen molar-refractivity contribution in [3.8, 4) is 0 Å². The third kappa shape index (κ3) is 3.21. The minimum Gasteiger partial charge on any atom is -0.349 e. The number of amides is 1. The fourth-order valence-electron chi connectivity index (χ4n) is 1.77. The molecule has 1 amide bonds. The Labute approximate surface area is 101 Å². The first-order valence-corrected chi connectivity index (χ1v) is 5.25. The van der Waals surface area contributed by atoms with Crippen molar-refractivity contribution in [1.29, 1.82) is 0 Å². The van der Waals surface area contributed by atoms with Gasteiger partial charge in [0.05, 0.1) is 6.33 Å². The lowest BCUT2D eigenvalue weighted by Gasteiger charge is -2.10. The molecule has 2 rings (SSSR count). The van der Waals surface area contributed by atoms with Crippen molar-refractivity contribution < 1.29 is 4.79 Å². The van der Waals surface area contributed by atoms with Crippen LogP contribution in [0.4, 0.5) is 0 Å². The van der Waals surface area contributed by atoms with Crippen molar-refractivity contribution in [2.45, 2.75) is 18.9 Å². The Hall–Kier alpha value is -1.07. The van der Waals surface area contributed by atoms with Gasteiger partial charge in [-0.3, -0.25) is 4.79 Å². The number of carbonyl (C=O) groups excluding carboxylic acids is 1. The Morgan fingerprint density at radius 2 is 2.56 bits per heavy atom. The maximum absolute atomic E-state index is 11.6. The number of aromatic nitrogens is 2. The van der Waals surface area contributed by atoms with Crippen molar-refractivity contribution in [2.24, 2.45) is 7.05 Å². The number of hydrogen-bond donors (Lipinski definition) is 2. The van der Waals surface area contributed by atoms with Gasteiger partial charge >= 0.3 is 0 Å². The molecule has 1 atom stereocenters. The van der Waals surface area contributed by atoms with E-state index in [0.29, 0.717) is 18.3 Å². The van der Waals surface area contributed by atoms with Gasteiger partial charge in [-0.2, -0.15) is 0 Å². The second-order valence-corrected chi connectivity index (χ2v) is 3.93. The largest absolute Gasteiger partial charge is 0.349 e. The van der Waals surface area contributed by atoms with Gasteiger partial charge in [0.2, 0.25) is 0 Å². The number of aryl methyl sites for hydroxylation is 1. The summed E-state index contributed by atoms with van der Waals surface area (Å²) in [4.78, 5) is 15.6. The molecular weight excluding hydrogens is 228 g/mol. The Morgan fingerprint density at radius 1 is 1.75 bits per heavy atom. The van der Waals surface area contributed by atoms with Gasteiger partial charge in [0.15, 0.2) is 0 Å². The van der Waals surface area contributed by atoms with Crippen molar-refractivity contribution in [2.75, 3.05) is 13.1 Å². The maximum atomic E-state index is 11.6. The molecule has 1 aromatic rings. The van der Waals surface area contributed by atoms with Crippen LogP contribution in [0.15, 0.2) is 12.5 Å². The first kappa shape index (κ1) is 13.0. The Bertz CT molecular complexity index is 346. The van der Waals surface area contributed by atoms with E-state index in [4.69, 9.17) is 0 Å². The van der Waals surface area contributed by atoms with Crippen LogP contribution in [0.2, 0.25) is 0 Å². The molecule has 0 aliphatic carbocycles. The Kier molecular flexibility index (Phi) is 4.76. The zero-order chi connectivity index (χ0) is 10.7. The lowest BCUT2D eigenvalue weighted by molar-refractivity contribution is 0.0945. The molecule has 1 saturated heterocycles. The Morgan fingerprint density at radius 3 is 3.12 bits per heavy atom. The van der Waals surface area contributed by atoms with Crippen LogP contribution >= 0.6 is 12.4 Å². The van der Waals surface area contributed by atoms with Gasteiger partial charge in [0, 0.05) is 25.8 Å². The summed E-state index contributed by atoms with van der Waals surface area (Å²) in [5.74, 6) is -0.0932. The van der Waals surface area contributed by atoms with E-state index in [9.17, 15) is 4.79 Å². The zero-order valence-corrected chi connectivity index (χ0v) is 10.1. The fourth-order valence-corrected chi connectivity index (χ4v) is 1.77. The van der Waals surface area contributed by atoms with Crippen LogP contribution < -0.4 is 10.6 Å². The molecule has 5 nitrogen and oxygen atoms in total. The van der Waals surface area contributed by atoms with E-state index in [1.807, 2.05) is 7.05 Å². The van der Waals surface area contributed by atoms with Gasteiger partial charge in [0.25, 0.3) is 5.91 Å². The molecule has 16 heavy (non-hydrogen) atoms. The molecular formula is C10H17ClN4O. The minimum atomic E-state index is -0.0932. The summed E-state index contributed by atoms with van der Waals surface area (Å²) in [6, 6.07) is 0.428. The Balaban J connectivity index is 0.00000128. The highest BCUT2D eigenvalue weighted by atomic mass is 35.5. The van der Waals surface area contributed by atoms with Crippen molar-refractivity contribution in [3.63, 3.8) is 0 Å². The van der Waals surface area contributed by atoms with Crippen LogP contribution in [-0.4, -0.2) is 34.6 Å². The van der Waals surface area contributed by atoms with Crippen molar-refractivity contribution >= 4 is 18.3 Å². The van der Waals surface area contributed by atoms with Crippen LogP contribution in [0, 0.1) is 0 Å². The molecule has 90 valence electrons. The second-order valence-electron chi connectivity index (χ2n) is 3.93. The molecule has 0 aromatic carbocycles. The molecule has 1 aliphatic heterocycles. The molecule has 1 unspecified atom stereocenters. The van der Waals surface area contributed by atoms with E-state index in [1.165, 1.54) is 6.42 Å². The van der Waals surface area contributed by atoms with E-state index in [2.05, 4.69) is 15.6 Å². The van der Waals surface area contributed by atoms with Gasteiger partial charge in [0.1, 0.15) is 5.69 Å². The van der Waals surface area contributed by atoms with E-state index < -0.39 is 0 Å². The number of rotatable bonds is 3. The average Bonchev–Trinajstić information content (AvgIpc) is 2.84. The minimum absolute atomic E-state index is 0. The monoisotopic (exact) mass is 244 g/mol. The normalized spacial score (nSPS) is 19.2. The molecule has 1 aliphatic rings. The van der Waals surface area contributed by atoms with Gasteiger partial charge < -0.3 is 15.2 Å². The molecule has 2 N–H and O–H groups in total. The summed E-state index contributed by atoms with van der Waals surface area (Å²) in [6.07, 6.45) is 5.69. The van der Waals surface area contributed by atoms with Crippen LogP contribution in [0.3, 0.4) is 0 Å². The summed E-state index contributed by atoms with van der Waals surface area (Å²) in [5.41, 5.74) is 0.482. The van der Waals surface area contributed by atoms with Gasteiger partial charge in [-0.15, -0.1) is 12.4 Å². The van der Waals surface area contributed by atoms with E-state index >= 15 is 0 Å². The summed E-state index contributed by atoms with van der Waals surface area (Å²) in [5, 5.41) is 6.21. The number of halogens is 1. The molecule has 0 bridgehead atoms. The highest BCUT2D eigenvalue weighted by Crippen LogP contribution is 2.03. The lowest BCUT2D eigenvalue weighted by atomic mass is 10.2. The van der Waals surface area contributed by atoms with Gasteiger partial charge in [-0.1, -0.05) is 0 Å². The molecule has 0 spiro atoms. The SMILES string of the molecule is Cl.Cn1cnc(C(=O)NCC2CCCN2)c1. The smallest absolute Gasteiger partial charge is 0.271 e. The number of imidazole rings is 1. The molecule has 0 radical (unpaired) electrons. The zero-order valence-electron chi connectivity index (χ0n) is 9.27. The molecule has 0 saturated carbocycles. The predicted molar refractivity (Wildman–Crippen MR) is 63.8 cm³/mol. The highest BCUT2D eigenvalue weighted by Gasteiger charge is 2.15. The van der Waals surface area contributed by atoms with Crippen LogP contribution in [0.25, 0.3) is 0 Å². The molecule has 6 heteroatoms. The first-order valence-electron chi connectivity index (χ1n) is 5.25. The topological polar surface area (TPSA) is 59.0 Å². The predicted octanol–water partition coefficient (Wildman–Crippen LogP) is 0.324. The molecule has 1 aromatic heterocycles. The summed E-state index contributed by atoms with van der Waals surface area (Å²) in [7, 11) is 1.85. The molecule has 1 fully saturated rings. The van der Waals surface area contributed by atoms with E-state index in [0.717, 1.165) is 13.0 Å². The summed E-state index contributed by atoms with van der Waals surface area (Å²) >= 11 is 0. The highest BCUT2D eigenvalue weighted by molar-refractivity contribution is 5.92. The fraction of sp³-hybridized carbons (Fsp3) is 0.600. The average molecular weight is 245 g/mol. The van der Waals surface area contributed by atoms with Crippen LogP contribution in [-0.2, 0) is 7.05 Å². The third-order valence-corrected chi connectivity index (χ3v) is 2.61. The maximum Gasteiger partial charge on any atom is 0.271 e. The van der Waals surface area contributed by atoms with Crippen LogP contribution in [0.5, 0.6) is 0 Å². The lowest BCUT2D eigenvalue weighted by Crippen LogP contribution is -2.37. The van der Waals surface area contributed by atoms with Gasteiger partial charge in [-0.25, -0.2) is 4.98 Å². The van der Waals surface area contributed by atoms with E-state index in [1.54, 1.807) is 17.1 Å². The summed E-state index contributed by atoms with van der Waals surface area (Å²) < 4.78 is 1.77. The van der Waals surface area contributed by atoms with Crippen molar-refractivity contribution in [3.05, 3.63) is 18.2 Å². The van der Waals surface area contributed by atoms with Crippen LogP contribution in [0.1, 0.15) is 23.3 Å². The molecule has 2 heterocycles. The van der Waals surface area contributed by atoms with Gasteiger partial charge in [-0.05, 0) is 19.4 Å². The quantitative estimate of drug-likeness (QED) is 0.806. The number of nitrogens with one attached hydrogen (secondary N) is 2. The second kappa shape index (κ2) is 5.86.